The number of rotatable bonds is 10. The summed E-state index contributed by atoms with van der Waals surface area (Å²) >= 11 is 0. The second-order valence-electron chi connectivity index (χ2n) is 10.8. The van der Waals surface area contributed by atoms with Crippen LogP contribution in [0.5, 0.6) is 17.2 Å². The van der Waals surface area contributed by atoms with Crippen molar-refractivity contribution in [3.63, 3.8) is 0 Å². The van der Waals surface area contributed by atoms with E-state index in [1.54, 1.807) is 70.3 Å². The zero-order valence-corrected chi connectivity index (χ0v) is 25.6. The summed E-state index contributed by atoms with van der Waals surface area (Å²) in [6.07, 6.45) is -2.08. The number of pyridine rings is 2. The molecule has 11 nitrogen and oxygen atoms in total. The van der Waals surface area contributed by atoms with Crippen molar-refractivity contribution in [1.82, 2.24) is 19.9 Å². The molecule has 44 heavy (non-hydrogen) atoms. The second kappa shape index (κ2) is 13.1. The number of hydrogen-bond acceptors (Lipinski definition) is 8. The molecule has 0 saturated heterocycles. The average Bonchev–Trinajstić information content (AvgIpc) is 3.42. The summed E-state index contributed by atoms with van der Waals surface area (Å²) in [5.74, 6) is 0.897. The molecular formula is C31H35F2N5O6. The van der Waals surface area contributed by atoms with Gasteiger partial charge in [0, 0.05) is 30.9 Å². The molecule has 4 rings (SSSR count). The Hall–Kier alpha value is -4.94. The van der Waals surface area contributed by atoms with Crippen LogP contribution in [-0.4, -0.2) is 78.8 Å². The molecule has 4 aromatic rings. The number of halogens is 2. The number of nitrogens with one attached hydrogen (secondary N) is 1. The van der Waals surface area contributed by atoms with E-state index in [4.69, 9.17) is 23.9 Å². The number of methoxy groups -OCH3 is 3. The number of carbonyl (C=O) groups excluding carboxylic acids is 2. The molecule has 0 aliphatic carbocycles. The zero-order valence-electron chi connectivity index (χ0n) is 25.6. The number of benzene rings is 1. The van der Waals surface area contributed by atoms with Crippen molar-refractivity contribution in [1.29, 1.82) is 0 Å². The van der Waals surface area contributed by atoms with Crippen LogP contribution in [0.15, 0.2) is 48.7 Å². The SMILES string of the molecule is COc1cc(N(C)C(=O)c2cc3nc(-c4ccnc(CN(CC(F)F)C(=O)OC(C)(C)C)c4)ccc3[nH]2)cc(OC)c1OC. The van der Waals surface area contributed by atoms with Gasteiger partial charge in [0.05, 0.1) is 62.5 Å². The van der Waals surface area contributed by atoms with Crippen LogP contribution in [0.25, 0.3) is 22.3 Å². The number of aromatic amines is 1. The summed E-state index contributed by atoms with van der Waals surface area (Å²) in [4.78, 5) is 40.4. The Morgan fingerprint density at radius 3 is 2.25 bits per heavy atom. The topological polar surface area (TPSA) is 119 Å². The minimum atomic E-state index is -2.74. The number of alkyl halides is 2. The number of ether oxygens (including phenoxy) is 4. The number of H-pyrrole nitrogens is 1. The molecule has 0 spiro atoms. The van der Waals surface area contributed by atoms with Crippen LogP contribution in [0.2, 0.25) is 0 Å². The molecule has 0 fully saturated rings. The average molecular weight is 612 g/mol. The number of hydrogen-bond donors (Lipinski definition) is 1. The summed E-state index contributed by atoms with van der Waals surface area (Å²) in [7, 11) is 6.12. The smallest absolute Gasteiger partial charge is 0.410 e. The maximum absolute atomic E-state index is 13.4. The minimum absolute atomic E-state index is 0.175. The number of fused-ring (bicyclic) bond motifs is 1. The van der Waals surface area contributed by atoms with E-state index in [-0.39, 0.29) is 12.5 Å². The first-order valence-corrected chi connectivity index (χ1v) is 13.6. The number of carbonyl (C=O) groups is 2. The highest BCUT2D eigenvalue weighted by Crippen LogP contribution is 2.41. The Labute approximate surface area is 253 Å². The van der Waals surface area contributed by atoms with E-state index in [1.165, 1.54) is 32.4 Å². The molecule has 0 aliphatic heterocycles. The fourth-order valence-electron chi connectivity index (χ4n) is 4.46. The van der Waals surface area contributed by atoms with Gasteiger partial charge in [0.25, 0.3) is 12.3 Å². The molecule has 0 bridgehead atoms. The number of aromatic nitrogens is 3. The van der Waals surface area contributed by atoms with Crippen LogP contribution >= 0.6 is 0 Å². The first-order chi connectivity index (χ1) is 20.8. The van der Waals surface area contributed by atoms with Crippen molar-refractivity contribution in [3.05, 3.63) is 60.0 Å². The Bertz CT molecular complexity index is 1630. The molecule has 3 aromatic heterocycles. The number of nitrogens with zero attached hydrogens (tertiary/aromatic N) is 4. The van der Waals surface area contributed by atoms with Gasteiger partial charge in [0.2, 0.25) is 5.75 Å². The molecular weight excluding hydrogens is 576 g/mol. The maximum atomic E-state index is 13.4. The summed E-state index contributed by atoms with van der Waals surface area (Å²) in [5, 5.41) is 0. The first kappa shape index (κ1) is 32.0. The molecule has 1 aromatic carbocycles. The Kier molecular flexibility index (Phi) is 9.56. The van der Waals surface area contributed by atoms with Crippen LogP contribution in [0.4, 0.5) is 19.3 Å². The van der Waals surface area contributed by atoms with Crippen molar-refractivity contribution in [3.8, 4) is 28.5 Å². The molecule has 0 atom stereocenters. The number of anilines is 1. The van der Waals surface area contributed by atoms with Gasteiger partial charge >= 0.3 is 6.09 Å². The maximum Gasteiger partial charge on any atom is 0.410 e. The molecule has 0 unspecified atom stereocenters. The second-order valence-corrected chi connectivity index (χ2v) is 10.8. The highest BCUT2D eigenvalue weighted by atomic mass is 19.3. The molecule has 1 N–H and O–H groups in total. The van der Waals surface area contributed by atoms with Crippen LogP contribution in [0, 0.1) is 0 Å². The normalized spacial score (nSPS) is 11.4. The predicted molar refractivity (Wildman–Crippen MR) is 161 cm³/mol. The van der Waals surface area contributed by atoms with Crippen molar-refractivity contribution in [2.24, 2.45) is 0 Å². The van der Waals surface area contributed by atoms with Crippen LogP contribution in [0.3, 0.4) is 0 Å². The van der Waals surface area contributed by atoms with Gasteiger partial charge in [-0.25, -0.2) is 18.6 Å². The van der Waals surface area contributed by atoms with Gasteiger partial charge in [-0.2, -0.15) is 0 Å². The Morgan fingerprint density at radius 1 is 0.977 bits per heavy atom. The Morgan fingerprint density at radius 2 is 1.66 bits per heavy atom. The molecule has 0 radical (unpaired) electrons. The van der Waals surface area contributed by atoms with Gasteiger partial charge in [-0.1, -0.05) is 0 Å². The third-order valence-corrected chi connectivity index (χ3v) is 6.52. The monoisotopic (exact) mass is 611 g/mol. The van der Waals surface area contributed by atoms with Crippen LogP contribution in [-0.2, 0) is 11.3 Å². The summed E-state index contributed by atoms with van der Waals surface area (Å²) in [6.45, 7) is 4.02. The van der Waals surface area contributed by atoms with E-state index in [2.05, 4.69) is 9.97 Å². The van der Waals surface area contributed by atoms with E-state index >= 15 is 0 Å². The van der Waals surface area contributed by atoms with Gasteiger partial charge in [0.1, 0.15) is 11.3 Å². The fourth-order valence-corrected chi connectivity index (χ4v) is 4.46. The first-order valence-electron chi connectivity index (χ1n) is 13.6. The van der Waals surface area contributed by atoms with Gasteiger partial charge in [-0.05, 0) is 51.1 Å². The lowest BCUT2D eigenvalue weighted by atomic mass is 10.1. The summed E-state index contributed by atoms with van der Waals surface area (Å²) in [6, 6.07) is 11.9. The van der Waals surface area contributed by atoms with Crippen LogP contribution in [0.1, 0.15) is 37.0 Å². The van der Waals surface area contributed by atoms with Gasteiger partial charge in [-0.15, -0.1) is 0 Å². The highest BCUT2D eigenvalue weighted by Gasteiger charge is 2.26. The van der Waals surface area contributed by atoms with E-state index < -0.39 is 24.7 Å². The lowest BCUT2D eigenvalue weighted by molar-refractivity contribution is 0.00789. The summed E-state index contributed by atoms with van der Waals surface area (Å²) < 4.78 is 48.0. The van der Waals surface area contributed by atoms with E-state index in [0.29, 0.717) is 56.6 Å². The minimum Gasteiger partial charge on any atom is -0.493 e. The third-order valence-electron chi connectivity index (χ3n) is 6.52. The molecule has 0 aliphatic rings. The van der Waals surface area contributed by atoms with Gasteiger partial charge in [-0.3, -0.25) is 14.7 Å². The van der Waals surface area contributed by atoms with E-state index in [9.17, 15) is 18.4 Å². The quantitative estimate of drug-likeness (QED) is 0.234. The largest absolute Gasteiger partial charge is 0.493 e. The summed E-state index contributed by atoms with van der Waals surface area (Å²) in [5.41, 5.74) is 2.76. The highest BCUT2D eigenvalue weighted by molar-refractivity contribution is 6.07. The van der Waals surface area contributed by atoms with Gasteiger partial charge < -0.3 is 28.8 Å². The van der Waals surface area contributed by atoms with Crippen molar-refractivity contribution in [2.45, 2.75) is 39.3 Å². The molecule has 2 amide bonds. The van der Waals surface area contributed by atoms with E-state index in [1.807, 2.05) is 0 Å². The van der Waals surface area contributed by atoms with Crippen molar-refractivity contribution < 1.29 is 37.3 Å². The van der Waals surface area contributed by atoms with Crippen molar-refractivity contribution in [2.75, 3.05) is 39.8 Å². The molecule has 234 valence electrons. The molecule has 13 heteroatoms. The molecule has 3 heterocycles. The van der Waals surface area contributed by atoms with E-state index in [0.717, 1.165) is 4.90 Å². The predicted octanol–water partition coefficient (Wildman–Crippen LogP) is 5.93. The molecule has 0 saturated carbocycles. The third kappa shape index (κ3) is 7.33. The van der Waals surface area contributed by atoms with Gasteiger partial charge in [0.15, 0.2) is 11.5 Å². The standard InChI is InChI=1S/C31H35F2N5O6/c1-31(2,3)44-30(40)38(17-27(32)33)16-19-12-18(10-11-34-19)21-8-9-22-23(35-21)15-24(36-22)29(39)37(4)20-13-25(41-5)28(43-7)26(14-20)42-6/h8-15,27,36H,16-17H2,1-7H3. The number of amides is 2. The fraction of sp³-hybridized carbons (Fsp3) is 0.355. The van der Waals surface area contributed by atoms with Crippen LogP contribution < -0.4 is 19.1 Å². The zero-order chi connectivity index (χ0) is 32.2. The lowest BCUT2D eigenvalue weighted by Crippen LogP contribution is -2.39. The Balaban J connectivity index is 1.58. The lowest BCUT2D eigenvalue weighted by Gasteiger charge is -2.27. The van der Waals surface area contributed by atoms with Crippen molar-refractivity contribution >= 4 is 28.7 Å².